The van der Waals surface area contributed by atoms with Gasteiger partial charge in [0, 0.05) is 23.9 Å². The van der Waals surface area contributed by atoms with Gasteiger partial charge in [-0.2, -0.15) is 0 Å². The second-order valence-corrected chi connectivity index (χ2v) is 6.26. The van der Waals surface area contributed by atoms with Crippen LogP contribution in [0.4, 0.5) is 5.69 Å². The summed E-state index contributed by atoms with van der Waals surface area (Å²) in [7, 11) is 3.05. The van der Waals surface area contributed by atoms with Crippen LogP contribution in [0.3, 0.4) is 0 Å². The molecule has 6 heteroatoms. The summed E-state index contributed by atoms with van der Waals surface area (Å²) < 4.78 is 10.4. The molecular weight excluding hydrogens is 298 g/mol. The summed E-state index contributed by atoms with van der Waals surface area (Å²) in [6.07, 6.45) is 2.59. The van der Waals surface area contributed by atoms with Crippen molar-refractivity contribution in [3.63, 3.8) is 0 Å². The van der Waals surface area contributed by atoms with Crippen molar-refractivity contribution in [2.75, 3.05) is 19.5 Å². The molecule has 2 aliphatic carbocycles. The summed E-state index contributed by atoms with van der Waals surface area (Å²) in [5.41, 5.74) is 0.512. The Kier molecular flexibility index (Phi) is 4.15. The Bertz CT molecular complexity index is 629. The first-order valence-electron chi connectivity index (χ1n) is 7.79. The average molecular weight is 318 g/mol. The van der Waals surface area contributed by atoms with Crippen molar-refractivity contribution in [2.24, 2.45) is 23.7 Å². The van der Waals surface area contributed by atoms with Crippen molar-refractivity contribution in [1.82, 2.24) is 0 Å². The van der Waals surface area contributed by atoms with Gasteiger partial charge < -0.3 is 24.7 Å². The van der Waals surface area contributed by atoms with Crippen LogP contribution in [0.1, 0.15) is 19.3 Å². The first kappa shape index (κ1) is 15.6. The Hall–Kier alpha value is -2.24. The highest BCUT2D eigenvalue weighted by Crippen LogP contribution is 2.52. The largest absolute Gasteiger partial charge is 0.550 e. The van der Waals surface area contributed by atoms with Gasteiger partial charge in [-0.05, 0) is 43.2 Å². The molecular formula is C17H20NO5-. The number of carboxylic acid groups (broad SMARTS) is 1. The van der Waals surface area contributed by atoms with E-state index >= 15 is 0 Å². The second-order valence-electron chi connectivity index (χ2n) is 6.26. The molecule has 0 saturated heterocycles. The molecule has 4 atom stereocenters. The summed E-state index contributed by atoms with van der Waals surface area (Å²) in [5.74, 6) is -1.29. The zero-order chi connectivity index (χ0) is 16.6. The molecule has 0 heterocycles. The number of fused-ring (bicyclic) bond motifs is 2. The number of carboxylic acids is 1. The maximum Gasteiger partial charge on any atom is 0.228 e. The average Bonchev–Trinajstić information content (AvgIpc) is 3.16. The molecule has 1 aromatic rings. The number of amides is 1. The van der Waals surface area contributed by atoms with Gasteiger partial charge in [0.05, 0.1) is 19.9 Å². The normalized spacial score (nSPS) is 28.4. The number of nitrogens with one attached hydrogen (secondary N) is 1. The van der Waals surface area contributed by atoms with Gasteiger partial charge in [-0.1, -0.05) is 0 Å². The minimum Gasteiger partial charge on any atom is -0.550 e. The molecule has 1 amide bonds. The number of carbonyl (C=O) groups is 2. The molecule has 124 valence electrons. The number of anilines is 1. The van der Waals surface area contributed by atoms with Crippen LogP contribution in [0.15, 0.2) is 18.2 Å². The van der Waals surface area contributed by atoms with Gasteiger partial charge in [0.15, 0.2) is 0 Å². The molecule has 1 aromatic carbocycles. The zero-order valence-electron chi connectivity index (χ0n) is 13.2. The smallest absolute Gasteiger partial charge is 0.228 e. The van der Waals surface area contributed by atoms with E-state index in [9.17, 15) is 14.7 Å². The first-order chi connectivity index (χ1) is 11.0. The number of rotatable bonds is 5. The molecule has 3 rings (SSSR count). The number of hydrogen-bond donors (Lipinski definition) is 1. The molecule has 1 N–H and O–H groups in total. The molecule has 0 aliphatic heterocycles. The lowest BCUT2D eigenvalue weighted by Gasteiger charge is -2.30. The SMILES string of the molecule is COc1ccc(NC(=O)[C@@H]2[C@H]3CC[C@H](C3)[C@H]2C(=O)[O-])c(OC)c1. The summed E-state index contributed by atoms with van der Waals surface area (Å²) in [5, 5.41) is 14.2. The third kappa shape index (κ3) is 2.73. The van der Waals surface area contributed by atoms with Crippen molar-refractivity contribution in [3.05, 3.63) is 18.2 Å². The Morgan fingerprint density at radius 2 is 1.83 bits per heavy atom. The number of methoxy groups -OCH3 is 2. The fraction of sp³-hybridized carbons (Fsp3) is 0.529. The van der Waals surface area contributed by atoms with Crippen LogP contribution in [0.5, 0.6) is 11.5 Å². The van der Waals surface area contributed by atoms with Crippen LogP contribution >= 0.6 is 0 Å². The molecule has 2 aliphatic rings. The van der Waals surface area contributed by atoms with Crippen LogP contribution in [0, 0.1) is 23.7 Å². The monoisotopic (exact) mass is 318 g/mol. The van der Waals surface area contributed by atoms with Gasteiger partial charge in [-0.25, -0.2) is 0 Å². The third-order valence-corrected chi connectivity index (χ3v) is 5.16. The van der Waals surface area contributed by atoms with Crippen molar-refractivity contribution in [3.8, 4) is 11.5 Å². The van der Waals surface area contributed by atoms with Crippen molar-refractivity contribution < 1.29 is 24.2 Å². The fourth-order valence-electron chi connectivity index (χ4n) is 4.13. The van der Waals surface area contributed by atoms with Crippen LogP contribution in [-0.2, 0) is 9.59 Å². The third-order valence-electron chi connectivity index (χ3n) is 5.16. The fourth-order valence-corrected chi connectivity index (χ4v) is 4.13. The minimum absolute atomic E-state index is 0.0681. The van der Waals surface area contributed by atoms with E-state index in [1.54, 1.807) is 25.3 Å². The van der Waals surface area contributed by atoms with Crippen molar-refractivity contribution >= 4 is 17.6 Å². The minimum atomic E-state index is -1.11. The predicted octanol–water partition coefficient (Wildman–Crippen LogP) is 1.05. The Balaban J connectivity index is 1.80. The van der Waals surface area contributed by atoms with Crippen molar-refractivity contribution in [2.45, 2.75) is 19.3 Å². The number of hydrogen-bond acceptors (Lipinski definition) is 5. The Morgan fingerprint density at radius 3 is 2.43 bits per heavy atom. The Labute approximate surface area is 134 Å². The van der Waals surface area contributed by atoms with E-state index in [0.29, 0.717) is 17.2 Å². The van der Waals surface area contributed by atoms with Crippen LogP contribution in [0.25, 0.3) is 0 Å². The van der Waals surface area contributed by atoms with E-state index in [1.165, 1.54) is 7.11 Å². The van der Waals surface area contributed by atoms with E-state index in [0.717, 1.165) is 19.3 Å². The van der Waals surface area contributed by atoms with Gasteiger partial charge in [0.1, 0.15) is 11.5 Å². The number of benzene rings is 1. The molecule has 2 bridgehead atoms. The molecule has 0 unspecified atom stereocenters. The summed E-state index contributed by atoms with van der Waals surface area (Å²) >= 11 is 0. The zero-order valence-corrected chi connectivity index (χ0v) is 13.2. The highest BCUT2D eigenvalue weighted by molar-refractivity contribution is 5.97. The second kappa shape index (κ2) is 6.10. The highest BCUT2D eigenvalue weighted by Gasteiger charge is 2.51. The Morgan fingerprint density at radius 1 is 1.13 bits per heavy atom. The van der Waals surface area contributed by atoms with E-state index in [2.05, 4.69) is 5.32 Å². The molecule has 23 heavy (non-hydrogen) atoms. The van der Waals surface area contributed by atoms with E-state index in [4.69, 9.17) is 9.47 Å². The molecule has 0 aromatic heterocycles. The summed E-state index contributed by atoms with van der Waals surface area (Å²) in [4.78, 5) is 24.1. The number of ether oxygens (including phenoxy) is 2. The van der Waals surface area contributed by atoms with Crippen LogP contribution in [0.2, 0.25) is 0 Å². The number of aliphatic carboxylic acids is 1. The molecule has 2 saturated carbocycles. The quantitative estimate of drug-likeness (QED) is 0.877. The van der Waals surface area contributed by atoms with Crippen LogP contribution < -0.4 is 19.9 Å². The maximum absolute atomic E-state index is 12.7. The summed E-state index contributed by atoms with van der Waals surface area (Å²) in [6, 6.07) is 5.08. The lowest BCUT2D eigenvalue weighted by Crippen LogP contribution is -2.43. The van der Waals surface area contributed by atoms with E-state index in [1.807, 2.05) is 0 Å². The predicted molar refractivity (Wildman–Crippen MR) is 81.0 cm³/mol. The highest BCUT2D eigenvalue weighted by atomic mass is 16.5. The van der Waals surface area contributed by atoms with E-state index in [-0.39, 0.29) is 17.7 Å². The number of carbonyl (C=O) groups excluding carboxylic acids is 2. The first-order valence-corrected chi connectivity index (χ1v) is 7.79. The molecule has 0 radical (unpaired) electrons. The standard InChI is InChI=1S/C17H21NO5/c1-22-11-5-6-12(13(8-11)23-2)18-16(19)14-9-3-4-10(7-9)15(14)17(20)21/h5-6,8-10,14-15H,3-4,7H2,1-2H3,(H,18,19)(H,20,21)/p-1/t9-,10+,14+,15+/m0/s1. The lowest BCUT2D eigenvalue weighted by molar-refractivity contribution is -0.314. The van der Waals surface area contributed by atoms with Gasteiger partial charge in [0.2, 0.25) is 5.91 Å². The summed E-state index contributed by atoms with van der Waals surface area (Å²) in [6.45, 7) is 0. The molecule has 0 spiro atoms. The molecule has 2 fully saturated rings. The van der Waals surface area contributed by atoms with Crippen molar-refractivity contribution in [1.29, 1.82) is 0 Å². The van der Waals surface area contributed by atoms with Gasteiger partial charge >= 0.3 is 0 Å². The topological polar surface area (TPSA) is 87.7 Å². The van der Waals surface area contributed by atoms with E-state index < -0.39 is 17.8 Å². The lowest BCUT2D eigenvalue weighted by atomic mass is 9.78. The molecule has 6 nitrogen and oxygen atoms in total. The van der Waals surface area contributed by atoms with Crippen LogP contribution in [-0.4, -0.2) is 26.1 Å². The van der Waals surface area contributed by atoms with Gasteiger partial charge in [-0.3, -0.25) is 4.79 Å². The van der Waals surface area contributed by atoms with Gasteiger partial charge in [-0.15, -0.1) is 0 Å². The van der Waals surface area contributed by atoms with Gasteiger partial charge in [0.25, 0.3) is 0 Å². The maximum atomic E-state index is 12.7.